The van der Waals surface area contributed by atoms with Gasteiger partial charge in [-0.05, 0) is 43.7 Å². The molecule has 2 heterocycles. The van der Waals surface area contributed by atoms with E-state index < -0.39 is 0 Å². The lowest BCUT2D eigenvalue weighted by Gasteiger charge is -2.07. The zero-order chi connectivity index (χ0) is 22.5. The van der Waals surface area contributed by atoms with Crippen molar-refractivity contribution in [1.29, 1.82) is 0 Å². The SMILES string of the molecule is Cc1nn(Cc2ccccc2)c(C)c1CNC(=O)CCc1nc(-c2ccc(F)cc2)no1. The van der Waals surface area contributed by atoms with Crippen molar-refractivity contribution >= 4 is 5.91 Å². The fourth-order valence-electron chi connectivity index (χ4n) is 3.47. The van der Waals surface area contributed by atoms with E-state index in [4.69, 9.17) is 4.52 Å². The minimum Gasteiger partial charge on any atom is -0.352 e. The van der Waals surface area contributed by atoms with Gasteiger partial charge < -0.3 is 9.84 Å². The van der Waals surface area contributed by atoms with Crippen molar-refractivity contribution in [2.75, 3.05) is 0 Å². The van der Waals surface area contributed by atoms with Crippen molar-refractivity contribution in [3.63, 3.8) is 0 Å². The maximum atomic E-state index is 13.0. The lowest BCUT2D eigenvalue weighted by molar-refractivity contribution is -0.121. The van der Waals surface area contributed by atoms with E-state index in [1.165, 1.54) is 17.7 Å². The summed E-state index contributed by atoms with van der Waals surface area (Å²) in [4.78, 5) is 16.6. The van der Waals surface area contributed by atoms with Gasteiger partial charge in [0, 0.05) is 36.2 Å². The van der Waals surface area contributed by atoms with Gasteiger partial charge in [-0.25, -0.2) is 4.39 Å². The molecule has 0 radical (unpaired) electrons. The van der Waals surface area contributed by atoms with Crippen molar-refractivity contribution in [1.82, 2.24) is 25.2 Å². The molecule has 0 bridgehead atoms. The molecule has 7 nitrogen and oxygen atoms in total. The Balaban J connectivity index is 1.30. The number of amides is 1. The Morgan fingerprint density at radius 1 is 1.09 bits per heavy atom. The third-order valence-electron chi connectivity index (χ3n) is 5.31. The highest BCUT2D eigenvalue weighted by molar-refractivity contribution is 5.76. The molecule has 0 aliphatic carbocycles. The normalized spacial score (nSPS) is 11.0. The molecular weight excluding hydrogens is 409 g/mol. The van der Waals surface area contributed by atoms with E-state index in [0.717, 1.165) is 17.0 Å². The Morgan fingerprint density at radius 2 is 1.84 bits per heavy atom. The van der Waals surface area contributed by atoms with Crippen LogP contribution >= 0.6 is 0 Å². The maximum absolute atomic E-state index is 13.0. The summed E-state index contributed by atoms with van der Waals surface area (Å²) in [6.45, 7) is 5.07. The molecule has 0 saturated carbocycles. The smallest absolute Gasteiger partial charge is 0.227 e. The number of hydrogen-bond donors (Lipinski definition) is 1. The Bertz CT molecular complexity index is 1200. The first-order chi connectivity index (χ1) is 15.5. The lowest BCUT2D eigenvalue weighted by Crippen LogP contribution is -2.23. The van der Waals surface area contributed by atoms with Crippen LogP contribution < -0.4 is 5.32 Å². The van der Waals surface area contributed by atoms with E-state index >= 15 is 0 Å². The van der Waals surface area contributed by atoms with Crippen LogP contribution in [0.3, 0.4) is 0 Å². The van der Waals surface area contributed by atoms with Crippen molar-refractivity contribution in [3.05, 3.63) is 88.8 Å². The number of rotatable bonds is 8. The molecule has 0 aliphatic rings. The molecule has 2 aromatic heterocycles. The van der Waals surface area contributed by atoms with E-state index in [0.29, 0.717) is 36.8 Å². The van der Waals surface area contributed by atoms with Gasteiger partial charge in [0.05, 0.1) is 12.2 Å². The second-order valence-electron chi connectivity index (χ2n) is 7.59. The van der Waals surface area contributed by atoms with Crippen LogP contribution in [0.2, 0.25) is 0 Å². The molecule has 2 aromatic carbocycles. The van der Waals surface area contributed by atoms with Gasteiger partial charge in [0.1, 0.15) is 5.82 Å². The number of aryl methyl sites for hydroxylation is 2. The number of nitrogens with zero attached hydrogens (tertiary/aromatic N) is 4. The van der Waals surface area contributed by atoms with Crippen molar-refractivity contribution < 1.29 is 13.7 Å². The lowest BCUT2D eigenvalue weighted by atomic mass is 10.2. The molecule has 8 heteroatoms. The Hall–Kier alpha value is -3.81. The average Bonchev–Trinajstić information content (AvgIpc) is 3.37. The molecule has 0 fully saturated rings. The van der Waals surface area contributed by atoms with E-state index in [2.05, 4.69) is 32.7 Å². The molecule has 0 spiro atoms. The van der Waals surface area contributed by atoms with Gasteiger partial charge in [0.2, 0.25) is 17.6 Å². The molecule has 1 N–H and O–H groups in total. The van der Waals surface area contributed by atoms with E-state index in [1.807, 2.05) is 36.7 Å². The molecule has 32 heavy (non-hydrogen) atoms. The number of aromatic nitrogens is 4. The number of carbonyl (C=O) groups excluding carboxylic acids is 1. The zero-order valence-corrected chi connectivity index (χ0v) is 18.0. The molecule has 164 valence electrons. The summed E-state index contributed by atoms with van der Waals surface area (Å²) in [5.74, 6) is 0.298. The van der Waals surface area contributed by atoms with E-state index in [-0.39, 0.29) is 18.1 Å². The molecule has 0 unspecified atom stereocenters. The molecule has 0 saturated heterocycles. The summed E-state index contributed by atoms with van der Waals surface area (Å²) in [6, 6.07) is 16.0. The van der Waals surface area contributed by atoms with Gasteiger partial charge in [-0.15, -0.1) is 0 Å². The number of nitrogens with one attached hydrogen (secondary N) is 1. The van der Waals surface area contributed by atoms with Gasteiger partial charge in [-0.1, -0.05) is 35.5 Å². The van der Waals surface area contributed by atoms with Crippen LogP contribution in [-0.2, 0) is 24.3 Å². The summed E-state index contributed by atoms with van der Waals surface area (Å²) in [6.07, 6.45) is 0.548. The van der Waals surface area contributed by atoms with Gasteiger partial charge in [-0.3, -0.25) is 9.48 Å². The summed E-state index contributed by atoms with van der Waals surface area (Å²) >= 11 is 0. The van der Waals surface area contributed by atoms with Gasteiger partial charge in [0.15, 0.2) is 0 Å². The standard InChI is InChI=1S/C24H24FN5O2/c1-16-21(17(2)30(28-16)15-18-6-4-3-5-7-18)14-26-22(31)12-13-23-27-24(29-32-23)19-8-10-20(25)11-9-19/h3-11H,12-15H2,1-2H3,(H,26,31). The fraction of sp³-hybridized carbons (Fsp3) is 0.250. The second-order valence-corrected chi connectivity index (χ2v) is 7.59. The van der Waals surface area contributed by atoms with Gasteiger partial charge >= 0.3 is 0 Å². The number of hydrogen-bond acceptors (Lipinski definition) is 5. The Morgan fingerprint density at radius 3 is 2.59 bits per heavy atom. The third kappa shape index (κ3) is 5.08. The second kappa shape index (κ2) is 9.55. The van der Waals surface area contributed by atoms with Crippen LogP contribution in [0.25, 0.3) is 11.4 Å². The van der Waals surface area contributed by atoms with Crippen LogP contribution in [0.4, 0.5) is 4.39 Å². The number of halogens is 1. The van der Waals surface area contributed by atoms with Crippen molar-refractivity contribution in [3.8, 4) is 11.4 Å². The Kier molecular flexibility index (Phi) is 6.39. The number of carbonyl (C=O) groups is 1. The topological polar surface area (TPSA) is 85.8 Å². The van der Waals surface area contributed by atoms with Crippen LogP contribution in [0, 0.1) is 19.7 Å². The first kappa shape index (κ1) is 21.4. The summed E-state index contributed by atoms with van der Waals surface area (Å²) in [5.41, 5.74) is 4.79. The van der Waals surface area contributed by atoms with Gasteiger partial charge in [-0.2, -0.15) is 10.1 Å². The maximum Gasteiger partial charge on any atom is 0.227 e. The predicted molar refractivity (Wildman–Crippen MR) is 117 cm³/mol. The highest BCUT2D eigenvalue weighted by Gasteiger charge is 2.14. The first-order valence-corrected chi connectivity index (χ1v) is 10.4. The van der Waals surface area contributed by atoms with Crippen LogP contribution in [0.5, 0.6) is 0 Å². The van der Waals surface area contributed by atoms with Crippen LogP contribution in [0.15, 0.2) is 59.1 Å². The largest absolute Gasteiger partial charge is 0.352 e. The highest BCUT2D eigenvalue weighted by Crippen LogP contribution is 2.17. The third-order valence-corrected chi connectivity index (χ3v) is 5.31. The van der Waals surface area contributed by atoms with Crippen molar-refractivity contribution in [2.24, 2.45) is 0 Å². The number of benzene rings is 2. The van der Waals surface area contributed by atoms with Crippen LogP contribution in [-0.4, -0.2) is 25.8 Å². The average molecular weight is 433 g/mol. The monoisotopic (exact) mass is 433 g/mol. The minimum atomic E-state index is -0.328. The zero-order valence-electron chi connectivity index (χ0n) is 18.0. The quantitative estimate of drug-likeness (QED) is 0.454. The first-order valence-electron chi connectivity index (χ1n) is 10.4. The van der Waals surface area contributed by atoms with E-state index in [9.17, 15) is 9.18 Å². The molecule has 4 aromatic rings. The van der Waals surface area contributed by atoms with E-state index in [1.54, 1.807) is 12.1 Å². The molecular formula is C24H24FN5O2. The summed E-state index contributed by atoms with van der Waals surface area (Å²) in [5, 5.41) is 11.5. The highest BCUT2D eigenvalue weighted by atomic mass is 19.1. The molecule has 1 amide bonds. The molecule has 0 atom stereocenters. The summed E-state index contributed by atoms with van der Waals surface area (Å²) < 4.78 is 20.2. The van der Waals surface area contributed by atoms with Crippen molar-refractivity contribution in [2.45, 2.75) is 39.8 Å². The molecule has 4 rings (SSSR count). The Labute approximate surface area is 185 Å². The van der Waals surface area contributed by atoms with Crippen LogP contribution in [0.1, 0.15) is 34.8 Å². The minimum absolute atomic E-state index is 0.110. The fourth-order valence-corrected chi connectivity index (χ4v) is 3.47. The summed E-state index contributed by atoms with van der Waals surface area (Å²) in [7, 11) is 0. The van der Waals surface area contributed by atoms with Gasteiger partial charge in [0.25, 0.3) is 0 Å². The molecule has 0 aliphatic heterocycles. The predicted octanol–water partition coefficient (Wildman–Crippen LogP) is 3.99.